The third kappa shape index (κ3) is 358. The minimum Gasteiger partial charge on any atom is -0.415 e. The molecule has 0 saturated carbocycles. The van der Waals surface area contributed by atoms with Gasteiger partial charge in [0.05, 0.1) is 0 Å². The molecule has 0 rings (SSSR count). The van der Waals surface area contributed by atoms with Crippen molar-refractivity contribution in [2.75, 3.05) is 0 Å². The van der Waals surface area contributed by atoms with Crippen LogP contribution < -0.4 is 11.5 Å². The van der Waals surface area contributed by atoms with Crippen LogP contribution in [0, 0.1) is 0 Å². The summed E-state index contributed by atoms with van der Waals surface area (Å²) in [5.74, 6) is 0. The van der Waals surface area contributed by atoms with Gasteiger partial charge in [-0.1, -0.05) is 8.64 Å². The fourth-order valence-corrected chi connectivity index (χ4v) is 0. The largest absolute Gasteiger partial charge is 2.00 e. The molecule has 0 aromatic rings. The Labute approximate surface area is 96.1 Å². The van der Waals surface area contributed by atoms with Crippen molar-refractivity contribution in [1.29, 1.82) is 0 Å². The first-order valence-corrected chi connectivity index (χ1v) is 3.03. The quantitative estimate of drug-likeness (QED) is 0.320. The van der Waals surface area contributed by atoms with Crippen LogP contribution in [-0.4, -0.2) is 35.9 Å². The van der Waals surface area contributed by atoms with Gasteiger partial charge in [-0.2, -0.15) is 0 Å². The van der Waals surface area contributed by atoms with Gasteiger partial charge in [-0.3, -0.25) is 0 Å². The van der Waals surface area contributed by atoms with Crippen molar-refractivity contribution >= 4 is 85.6 Å². The minimum absolute atomic E-state index is 0. The number of rotatable bonds is 0. The second-order valence-corrected chi connectivity index (χ2v) is 2.91. The Bertz CT molecular complexity index is 74.6. The van der Waals surface area contributed by atoms with Gasteiger partial charge in [0.25, 0.3) is 0 Å². The van der Waals surface area contributed by atoms with Crippen molar-refractivity contribution in [3.8, 4) is 0 Å². The van der Waals surface area contributed by atoms with Crippen molar-refractivity contribution in [2.45, 2.75) is 0 Å². The van der Waals surface area contributed by atoms with Crippen molar-refractivity contribution in [1.82, 2.24) is 0 Å². The Balaban J connectivity index is -0.0000000720. The van der Waals surface area contributed by atoms with Crippen LogP contribution in [0.5, 0.6) is 0 Å². The standard InChI is InChI=1S/2CH3NS2.Pb/c2*2-1(3)4;/h2*(H3,2,3,4);/q;;+2/p-2. The molecule has 9 heavy (non-hydrogen) atoms. The molecule has 0 atom stereocenters. The fourth-order valence-electron chi connectivity index (χ4n) is 0. The molecular formula is C2H4N2PbS4. The van der Waals surface area contributed by atoms with Gasteiger partial charge in [0.1, 0.15) is 0 Å². The van der Waals surface area contributed by atoms with E-state index < -0.39 is 0 Å². The smallest absolute Gasteiger partial charge is 0.415 e. The van der Waals surface area contributed by atoms with E-state index >= 15 is 0 Å². The van der Waals surface area contributed by atoms with Crippen molar-refractivity contribution in [3.63, 3.8) is 0 Å². The van der Waals surface area contributed by atoms with Crippen molar-refractivity contribution < 1.29 is 0 Å². The predicted octanol–water partition coefficient (Wildman–Crippen LogP) is -0.827. The molecule has 0 aromatic heterocycles. The Morgan fingerprint density at radius 2 is 1.00 bits per heavy atom. The minimum atomic E-state index is 0. The first-order chi connectivity index (χ1) is 3.46. The zero-order chi connectivity index (χ0) is 7.15. The molecule has 0 amide bonds. The van der Waals surface area contributed by atoms with E-state index in [2.05, 4.69) is 61.2 Å². The van der Waals surface area contributed by atoms with E-state index in [1.54, 1.807) is 0 Å². The summed E-state index contributed by atoms with van der Waals surface area (Å²) < 4.78 is 0.167. The Morgan fingerprint density at radius 1 is 1.00 bits per heavy atom. The molecule has 2 radical (unpaired) electrons. The summed E-state index contributed by atoms with van der Waals surface area (Å²) in [4.78, 5) is 0. The Kier molecular flexibility index (Phi) is 21.9. The number of hydrogen-bond donors (Lipinski definition) is 2. The molecule has 0 aliphatic carbocycles. The van der Waals surface area contributed by atoms with Crippen LogP contribution in [-0.2, 0) is 25.3 Å². The van der Waals surface area contributed by atoms with E-state index in [0.29, 0.717) is 0 Å². The number of thiocarbonyl (C=S) groups is 2. The molecule has 50 valence electrons. The number of hydrogen-bond acceptors (Lipinski definition) is 4. The average molecular weight is 392 g/mol. The summed E-state index contributed by atoms with van der Waals surface area (Å²) in [6, 6.07) is 0. The molecule has 7 heteroatoms. The Morgan fingerprint density at radius 3 is 1.00 bits per heavy atom. The van der Waals surface area contributed by atoms with Gasteiger partial charge >= 0.3 is 27.3 Å². The molecule has 0 heterocycles. The molecule has 0 aliphatic rings. The van der Waals surface area contributed by atoms with Crippen molar-refractivity contribution in [3.05, 3.63) is 0 Å². The van der Waals surface area contributed by atoms with Crippen LogP contribution in [0.1, 0.15) is 0 Å². The molecule has 4 N–H and O–H groups in total. The van der Waals surface area contributed by atoms with E-state index in [9.17, 15) is 0 Å². The van der Waals surface area contributed by atoms with Crippen LogP contribution >= 0.6 is 24.4 Å². The maximum atomic E-state index is 4.66. The summed E-state index contributed by atoms with van der Waals surface area (Å²) in [7, 11) is 0. The molecule has 0 fully saturated rings. The van der Waals surface area contributed by atoms with E-state index in [1.807, 2.05) is 0 Å². The fraction of sp³-hybridized carbons (Fsp3) is 0. The molecule has 0 saturated heterocycles. The maximum Gasteiger partial charge on any atom is 2.00 e. The summed E-state index contributed by atoms with van der Waals surface area (Å²) in [5.41, 5.74) is 9.31. The Hall–Kier alpha value is 1.14. The van der Waals surface area contributed by atoms with E-state index in [4.69, 9.17) is 0 Å². The van der Waals surface area contributed by atoms with Gasteiger partial charge < -0.3 is 61.2 Å². The summed E-state index contributed by atoms with van der Waals surface area (Å²) in [5, 5.41) is 0. The van der Waals surface area contributed by atoms with Crippen LogP contribution in [0.4, 0.5) is 0 Å². The second-order valence-electron chi connectivity index (χ2n) is 0.638. The van der Waals surface area contributed by atoms with Crippen LogP contribution in [0.15, 0.2) is 0 Å². The molecule has 0 unspecified atom stereocenters. The van der Waals surface area contributed by atoms with Gasteiger partial charge in [0.2, 0.25) is 0 Å². The summed E-state index contributed by atoms with van der Waals surface area (Å²) >= 11 is 16.5. The average Bonchev–Trinajstić information content (AvgIpc) is 1.25. The van der Waals surface area contributed by atoms with E-state index in [0.717, 1.165) is 0 Å². The van der Waals surface area contributed by atoms with E-state index in [-0.39, 0.29) is 35.9 Å². The molecule has 2 nitrogen and oxygen atoms in total. The normalized spacial score (nSPS) is 5.33. The maximum absolute atomic E-state index is 4.66. The number of nitrogens with two attached hydrogens (primary N) is 2. The van der Waals surface area contributed by atoms with Crippen LogP contribution in [0.25, 0.3) is 0 Å². The first-order valence-electron chi connectivity index (χ1n) is 1.39. The third-order valence-electron chi connectivity index (χ3n) is 0. The van der Waals surface area contributed by atoms with E-state index in [1.165, 1.54) is 0 Å². The van der Waals surface area contributed by atoms with Gasteiger partial charge in [-0.05, 0) is 0 Å². The second kappa shape index (κ2) is 11.9. The topological polar surface area (TPSA) is 52.0 Å². The van der Waals surface area contributed by atoms with Crippen LogP contribution in [0.2, 0.25) is 0 Å². The molecular weight excluding hydrogens is 388 g/mol. The third-order valence-corrected chi connectivity index (χ3v) is 0. The van der Waals surface area contributed by atoms with Gasteiger partial charge in [-0.15, -0.1) is 0 Å². The van der Waals surface area contributed by atoms with Crippen LogP contribution in [0.3, 0.4) is 0 Å². The molecule has 0 bridgehead atoms. The van der Waals surface area contributed by atoms with Gasteiger partial charge in [0, 0.05) is 0 Å². The zero-order valence-corrected chi connectivity index (χ0v) is 11.4. The first kappa shape index (κ1) is 16.6. The predicted molar refractivity (Wildman–Crippen MR) is 54.1 cm³/mol. The van der Waals surface area contributed by atoms with Gasteiger partial charge in [0.15, 0.2) is 0 Å². The van der Waals surface area contributed by atoms with Gasteiger partial charge in [-0.25, -0.2) is 0 Å². The molecule has 0 aromatic carbocycles. The van der Waals surface area contributed by atoms with Crippen molar-refractivity contribution in [2.24, 2.45) is 11.5 Å². The SMILES string of the molecule is NC(=S)[S-].NC(=S)[S-].[Pb+2]. The summed E-state index contributed by atoms with van der Waals surface area (Å²) in [6.45, 7) is 0. The monoisotopic (exact) mass is 392 g/mol. The molecule has 0 spiro atoms. The zero-order valence-electron chi connectivity index (χ0n) is 4.29. The summed E-state index contributed by atoms with van der Waals surface area (Å²) in [6.07, 6.45) is 0. The molecule has 0 aliphatic heterocycles.